The Morgan fingerprint density at radius 2 is 1.90 bits per heavy atom. The minimum Gasteiger partial charge on any atom is -0.466 e. The molecular weight excluding hydrogens is 278 g/mol. The van der Waals surface area contributed by atoms with Crippen LogP contribution in [0.4, 0.5) is 0 Å². The van der Waals surface area contributed by atoms with Gasteiger partial charge >= 0.3 is 5.97 Å². The Morgan fingerprint density at radius 3 is 2.50 bits per heavy atom. The first-order valence-electron chi connectivity index (χ1n) is 6.79. The molecule has 5 heteroatoms. The Morgan fingerprint density at radius 1 is 1.20 bits per heavy atom. The number of carbonyl (C=O) groups excluding carboxylic acids is 2. The van der Waals surface area contributed by atoms with Crippen LogP contribution in [-0.4, -0.2) is 36.5 Å². The molecular formula is C15H20ClNO3. The van der Waals surface area contributed by atoms with Crippen LogP contribution in [0.1, 0.15) is 37.0 Å². The van der Waals surface area contributed by atoms with E-state index in [1.165, 1.54) is 0 Å². The molecule has 0 saturated carbocycles. The molecule has 0 aliphatic heterocycles. The van der Waals surface area contributed by atoms with Crippen molar-refractivity contribution in [2.75, 3.05) is 19.7 Å². The Labute approximate surface area is 124 Å². The van der Waals surface area contributed by atoms with Crippen molar-refractivity contribution in [1.82, 2.24) is 4.90 Å². The smallest absolute Gasteiger partial charge is 0.307 e. The lowest BCUT2D eigenvalue weighted by molar-refractivity contribution is -0.143. The average Bonchev–Trinajstić information content (AvgIpc) is 2.43. The largest absolute Gasteiger partial charge is 0.466 e. The van der Waals surface area contributed by atoms with E-state index in [4.69, 9.17) is 16.3 Å². The van der Waals surface area contributed by atoms with Crippen LogP contribution >= 0.6 is 11.6 Å². The van der Waals surface area contributed by atoms with Crippen molar-refractivity contribution in [2.24, 2.45) is 0 Å². The molecule has 20 heavy (non-hydrogen) atoms. The lowest BCUT2D eigenvalue weighted by Gasteiger charge is -2.22. The van der Waals surface area contributed by atoms with Crippen LogP contribution in [0, 0.1) is 0 Å². The molecule has 0 radical (unpaired) electrons. The number of nitrogens with zero attached hydrogens (tertiary/aromatic N) is 1. The summed E-state index contributed by atoms with van der Waals surface area (Å²) >= 11 is 6.04. The molecule has 1 aromatic carbocycles. The highest BCUT2D eigenvalue weighted by molar-refractivity contribution is 6.33. The maximum Gasteiger partial charge on any atom is 0.307 e. The van der Waals surface area contributed by atoms with E-state index >= 15 is 0 Å². The van der Waals surface area contributed by atoms with Gasteiger partial charge in [-0.1, -0.05) is 30.7 Å². The van der Waals surface area contributed by atoms with Crippen molar-refractivity contribution in [2.45, 2.75) is 26.7 Å². The molecule has 0 saturated heterocycles. The summed E-state index contributed by atoms with van der Waals surface area (Å²) in [6.45, 7) is 5.03. The van der Waals surface area contributed by atoms with Gasteiger partial charge in [-0.3, -0.25) is 9.59 Å². The molecule has 0 fully saturated rings. The maximum atomic E-state index is 12.4. The third-order valence-electron chi connectivity index (χ3n) is 2.78. The van der Waals surface area contributed by atoms with Gasteiger partial charge in [0.25, 0.3) is 5.91 Å². The van der Waals surface area contributed by atoms with E-state index < -0.39 is 0 Å². The second-order valence-electron chi connectivity index (χ2n) is 4.33. The van der Waals surface area contributed by atoms with E-state index in [0.29, 0.717) is 30.3 Å². The second-order valence-corrected chi connectivity index (χ2v) is 4.73. The van der Waals surface area contributed by atoms with Crippen LogP contribution in [0.15, 0.2) is 24.3 Å². The van der Waals surface area contributed by atoms with Crippen LogP contribution in [0.2, 0.25) is 5.02 Å². The summed E-state index contributed by atoms with van der Waals surface area (Å²) in [4.78, 5) is 25.4. The van der Waals surface area contributed by atoms with Gasteiger partial charge in [0.1, 0.15) is 0 Å². The van der Waals surface area contributed by atoms with Crippen molar-refractivity contribution in [3.8, 4) is 0 Å². The Balaban J connectivity index is 2.72. The second kappa shape index (κ2) is 8.59. The lowest BCUT2D eigenvalue weighted by Crippen LogP contribution is -2.34. The number of benzene rings is 1. The van der Waals surface area contributed by atoms with Crippen LogP contribution in [0.5, 0.6) is 0 Å². The van der Waals surface area contributed by atoms with Gasteiger partial charge in [0, 0.05) is 13.1 Å². The van der Waals surface area contributed by atoms with E-state index in [1.807, 2.05) is 6.92 Å². The van der Waals surface area contributed by atoms with E-state index in [1.54, 1.807) is 36.1 Å². The predicted molar refractivity (Wildman–Crippen MR) is 78.9 cm³/mol. The number of esters is 1. The maximum absolute atomic E-state index is 12.4. The van der Waals surface area contributed by atoms with Gasteiger partial charge < -0.3 is 9.64 Å². The van der Waals surface area contributed by atoms with Crippen molar-refractivity contribution in [3.05, 3.63) is 34.9 Å². The minimum atomic E-state index is -0.291. The molecule has 0 heterocycles. The summed E-state index contributed by atoms with van der Waals surface area (Å²) in [5.74, 6) is -0.442. The first-order valence-corrected chi connectivity index (χ1v) is 7.17. The normalized spacial score (nSPS) is 10.2. The van der Waals surface area contributed by atoms with E-state index in [0.717, 1.165) is 6.42 Å². The Bertz CT molecular complexity index is 462. The molecule has 0 bridgehead atoms. The molecule has 0 spiro atoms. The quantitative estimate of drug-likeness (QED) is 0.726. The summed E-state index contributed by atoms with van der Waals surface area (Å²) in [6.07, 6.45) is 1.02. The van der Waals surface area contributed by atoms with Crippen LogP contribution in [0.3, 0.4) is 0 Å². The number of amides is 1. The fourth-order valence-corrected chi connectivity index (χ4v) is 2.07. The molecule has 0 N–H and O–H groups in total. The highest BCUT2D eigenvalue weighted by atomic mass is 35.5. The average molecular weight is 298 g/mol. The zero-order valence-corrected chi connectivity index (χ0v) is 12.7. The Hall–Kier alpha value is -1.55. The van der Waals surface area contributed by atoms with Gasteiger partial charge in [-0.2, -0.15) is 0 Å². The highest BCUT2D eigenvalue weighted by Gasteiger charge is 2.18. The number of hydrogen-bond donors (Lipinski definition) is 0. The fourth-order valence-electron chi connectivity index (χ4n) is 1.85. The van der Waals surface area contributed by atoms with Crippen LogP contribution < -0.4 is 0 Å². The predicted octanol–water partition coefficient (Wildman–Crippen LogP) is 3.15. The first kappa shape index (κ1) is 16.5. The van der Waals surface area contributed by atoms with Gasteiger partial charge in [-0.15, -0.1) is 0 Å². The zero-order valence-electron chi connectivity index (χ0n) is 11.9. The monoisotopic (exact) mass is 297 g/mol. The van der Waals surface area contributed by atoms with Gasteiger partial charge in [-0.25, -0.2) is 0 Å². The summed E-state index contributed by atoms with van der Waals surface area (Å²) in [5, 5.41) is 0.426. The summed E-state index contributed by atoms with van der Waals surface area (Å²) in [5.41, 5.74) is 0.464. The number of hydrogen-bond acceptors (Lipinski definition) is 3. The topological polar surface area (TPSA) is 46.6 Å². The lowest BCUT2D eigenvalue weighted by atomic mass is 10.2. The number of rotatable bonds is 7. The molecule has 4 nitrogen and oxygen atoms in total. The van der Waals surface area contributed by atoms with Gasteiger partial charge in [-0.05, 0) is 25.5 Å². The number of halogens is 1. The molecule has 1 aromatic rings. The molecule has 0 unspecified atom stereocenters. The fraction of sp³-hybridized carbons (Fsp3) is 0.467. The molecule has 0 aliphatic carbocycles. The molecule has 1 rings (SSSR count). The first-order chi connectivity index (χ1) is 9.60. The van der Waals surface area contributed by atoms with Gasteiger partial charge in [0.15, 0.2) is 0 Å². The third kappa shape index (κ3) is 4.85. The van der Waals surface area contributed by atoms with E-state index in [-0.39, 0.29) is 18.3 Å². The Kier molecular flexibility index (Phi) is 7.09. The molecule has 110 valence electrons. The summed E-state index contributed by atoms with van der Waals surface area (Å²) in [6, 6.07) is 6.93. The third-order valence-corrected chi connectivity index (χ3v) is 3.11. The SMILES string of the molecule is CCCN(CCC(=O)OCC)C(=O)c1ccccc1Cl. The van der Waals surface area contributed by atoms with Crippen LogP contribution in [-0.2, 0) is 9.53 Å². The highest BCUT2D eigenvalue weighted by Crippen LogP contribution is 2.17. The number of carbonyl (C=O) groups is 2. The molecule has 0 aromatic heterocycles. The summed E-state index contributed by atoms with van der Waals surface area (Å²) in [7, 11) is 0. The standard InChI is InChI=1S/C15H20ClNO3/c1-3-10-17(11-9-14(18)20-4-2)15(19)12-7-5-6-8-13(12)16/h5-8H,3-4,9-11H2,1-2H3. The van der Waals surface area contributed by atoms with Crippen molar-refractivity contribution < 1.29 is 14.3 Å². The van der Waals surface area contributed by atoms with Crippen LogP contribution in [0.25, 0.3) is 0 Å². The zero-order chi connectivity index (χ0) is 15.0. The number of ether oxygens (including phenoxy) is 1. The van der Waals surface area contributed by atoms with Gasteiger partial charge in [0.2, 0.25) is 0 Å². The van der Waals surface area contributed by atoms with E-state index in [2.05, 4.69) is 0 Å². The van der Waals surface area contributed by atoms with Crippen molar-refractivity contribution in [3.63, 3.8) is 0 Å². The molecule has 1 amide bonds. The van der Waals surface area contributed by atoms with Crippen molar-refractivity contribution >= 4 is 23.5 Å². The molecule has 0 aliphatic rings. The van der Waals surface area contributed by atoms with Crippen molar-refractivity contribution in [1.29, 1.82) is 0 Å². The molecule has 0 atom stereocenters. The minimum absolute atomic E-state index is 0.151. The van der Waals surface area contributed by atoms with Gasteiger partial charge in [0.05, 0.1) is 23.6 Å². The summed E-state index contributed by atoms with van der Waals surface area (Å²) < 4.78 is 4.88. The van der Waals surface area contributed by atoms with E-state index in [9.17, 15) is 9.59 Å².